The van der Waals surface area contributed by atoms with E-state index in [4.69, 9.17) is 5.11 Å². The van der Waals surface area contributed by atoms with Crippen LogP contribution in [0.25, 0.3) is 0 Å². The summed E-state index contributed by atoms with van der Waals surface area (Å²) in [4.78, 5) is 21.6. The molecule has 6 nitrogen and oxygen atoms in total. The van der Waals surface area contributed by atoms with E-state index >= 15 is 0 Å². The fraction of sp³-hybridized carbons (Fsp3) is 0.625. The predicted octanol–water partition coefficient (Wildman–Crippen LogP) is -0.0598. The van der Waals surface area contributed by atoms with E-state index < -0.39 is 18.0 Å². The lowest BCUT2D eigenvalue weighted by Crippen LogP contribution is -2.37. The van der Waals surface area contributed by atoms with Crippen LogP contribution in [0.2, 0.25) is 0 Å². The zero-order chi connectivity index (χ0) is 11.1. The number of hydrogen-bond donors (Lipinski definition) is 1. The third-order valence-electron chi connectivity index (χ3n) is 1.62. The van der Waals surface area contributed by atoms with E-state index in [1.54, 1.807) is 6.92 Å². The lowest BCUT2D eigenvalue weighted by molar-refractivity contribution is -0.150. The molecule has 0 spiro atoms. The van der Waals surface area contributed by atoms with E-state index in [1.807, 2.05) is 0 Å². The van der Waals surface area contributed by atoms with Crippen LogP contribution in [-0.2, 0) is 14.3 Å². The van der Waals surface area contributed by atoms with Crippen LogP contribution in [0.3, 0.4) is 0 Å². The second-order valence-corrected chi connectivity index (χ2v) is 2.58. The molecule has 0 heterocycles. The Hall–Kier alpha value is -1.59. The highest BCUT2D eigenvalue weighted by molar-refractivity contribution is 5.81. The molecule has 1 N–H and O–H groups in total. The number of hydrogen-bond acceptors (Lipinski definition) is 5. The highest BCUT2D eigenvalue weighted by atomic mass is 16.5. The Morgan fingerprint density at radius 2 is 2.21 bits per heavy atom. The molecule has 0 aromatic heterocycles. The SMILES string of the molecule is CC=NN(C)C(CC(=O)OC)C(=O)O. The van der Waals surface area contributed by atoms with Gasteiger partial charge in [0.2, 0.25) is 0 Å². The van der Waals surface area contributed by atoms with Crippen LogP contribution in [-0.4, -0.2) is 48.5 Å². The van der Waals surface area contributed by atoms with Crippen molar-refractivity contribution >= 4 is 18.2 Å². The third-order valence-corrected chi connectivity index (χ3v) is 1.62. The van der Waals surface area contributed by atoms with Crippen LogP contribution < -0.4 is 0 Å². The highest BCUT2D eigenvalue weighted by Gasteiger charge is 2.25. The largest absolute Gasteiger partial charge is 0.480 e. The van der Waals surface area contributed by atoms with Crippen molar-refractivity contribution in [3.63, 3.8) is 0 Å². The van der Waals surface area contributed by atoms with E-state index in [2.05, 4.69) is 9.84 Å². The Kier molecular flexibility index (Phi) is 5.28. The van der Waals surface area contributed by atoms with Crippen LogP contribution in [0.5, 0.6) is 0 Å². The highest BCUT2D eigenvalue weighted by Crippen LogP contribution is 2.03. The van der Waals surface area contributed by atoms with Gasteiger partial charge in [-0.05, 0) is 6.92 Å². The monoisotopic (exact) mass is 202 g/mol. The minimum Gasteiger partial charge on any atom is -0.480 e. The Labute approximate surface area is 82.1 Å². The quantitative estimate of drug-likeness (QED) is 0.384. The lowest BCUT2D eigenvalue weighted by atomic mass is 10.2. The molecule has 0 aliphatic carbocycles. The van der Waals surface area contributed by atoms with Gasteiger partial charge in [-0.3, -0.25) is 9.80 Å². The molecule has 80 valence electrons. The average molecular weight is 202 g/mol. The molecule has 14 heavy (non-hydrogen) atoms. The van der Waals surface area contributed by atoms with Crippen molar-refractivity contribution in [1.82, 2.24) is 5.01 Å². The first-order valence-electron chi connectivity index (χ1n) is 4.04. The number of carbonyl (C=O) groups excluding carboxylic acids is 1. The Morgan fingerprint density at radius 3 is 2.57 bits per heavy atom. The molecule has 0 aliphatic rings. The molecule has 0 saturated heterocycles. The molecule has 0 radical (unpaired) electrons. The molecule has 0 saturated carbocycles. The zero-order valence-corrected chi connectivity index (χ0v) is 8.43. The number of carboxylic acid groups (broad SMARTS) is 1. The zero-order valence-electron chi connectivity index (χ0n) is 8.43. The summed E-state index contributed by atoms with van der Waals surface area (Å²) in [7, 11) is 2.70. The maximum atomic E-state index is 10.9. The number of nitrogens with zero attached hydrogens (tertiary/aromatic N) is 2. The van der Waals surface area contributed by atoms with Crippen molar-refractivity contribution < 1.29 is 19.4 Å². The molecule has 0 aliphatic heterocycles. The molecule has 0 bridgehead atoms. The first kappa shape index (κ1) is 12.4. The minimum atomic E-state index is -1.11. The second-order valence-electron chi connectivity index (χ2n) is 2.58. The first-order chi connectivity index (χ1) is 6.52. The topological polar surface area (TPSA) is 79.2 Å². The smallest absolute Gasteiger partial charge is 0.328 e. The molecule has 1 unspecified atom stereocenters. The molecule has 1 atom stereocenters. The number of carboxylic acids is 1. The van der Waals surface area contributed by atoms with Crippen molar-refractivity contribution in [3.8, 4) is 0 Å². The molecule has 0 rings (SSSR count). The summed E-state index contributed by atoms with van der Waals surface area (Å²) in [5.41, 5.74) is 0. The summed E-state index contributed by atoms with van der Waals surface area (Å²) >= 11 is 0. The maximum absolute atomic E-state index is 10.9. The minimum absolute atomic E-state index is 0.223. The number of hydrazone groups is 1. The van der Waals surface area contributed by atoms with Crippen LogP contribution in [0.4, 0.5) is 0 Å². The van der Waals surface area contributed by atoms with Gasteiger partial charge < -0.3 is 9.84 Å². The molecular formula is C8H14N2O4. The van der Waals surface area contributed by atoms with Crippen molar-refractivity contribution in [1.29, 1.82) is 0 Å². The van der Waals surface area contributed by atoms with Gasteiger partial charge in [-0.25, -0.2) is 4.79 Å². The lowest BCUT2D eigenvalue weighted by Gasteiger charge is -2.20. The molecule has 0 amide bonds. The average Bonchev–Trinajstić information content (AvgIpc) is 2.13. The van der Waals surface area contributed by atoms with Gasteiger partial charge in [0.05, 0.1) is 13.5 Å². The normalized spacial score (nSPS) is 12.5. The number of methoxy groups -OCH3 is 1. The standard InChI is InChI=1S/C8H14N2O4/c1-4-9-10(2)6(8(12)13)5-7(11)14-3/h4,6H,5H2,1-3H3,(H,12,13). The van der Waals surface area contributed by atoms with Gasteiger partial charge in [0.15, 0.2) is 6.04 Å². The van der Waals surface area contributed by atoms with Gasteiger partial charge in [0, 0.05) is 13.3 Å². The number of aliphatic carboxylic acids is 1. The Bertz CT molecular complexity index is 239. The van der Waals surface area contributed by atoms with Crippen molar-refractivity contribution in [2.45, 2.75) is 19.4 Å². The number of esters is 1. The molecule has 0 fully saturated rings. The molecule has 0 aromatic carbocycles. The van der Waals surface area contributed by atoms with Crippen LogP contribution in [0.1, 0.15) is 13.3 Å². The third kappa shape index (κ3) is 3.88. The Morgan fingerprint density at radius 1 is 1.64 bits per heavy atom. The van der Waals surface area contributed by atoms with Crippen LogP contribution in [0, 0.1) is 0 Å². The van der Waals surface area contributed by atoms with Crippen molar-refractivity contribution in [2.75, 3.05) is 14.2 Å². The van der Waals surface area contributed by atoms with E-state index in [9.17, 15) is 9.59 Å². The summed E-state index contributed by atoms with van der Waals surface area (Å²) in [5, 5.41) is 13.8. The Balaban J connectivity index is 4.44. The van der Waals surface area contributed by atoms with Gasteiger partial charge >= 0.3 is 11.9 Å². The summed E-state index contributed by atoms with van der Waals surface area (Å²) in [6.45, 7) is 1.66. The number of ether oxygens (including phenoxy) is 1. The van der Waals surface area contributed by atoms with E-state index in [-0.39, 0.29) is 6.42 Å². The van der Waals surface area contributed by atoms with Crippen LogP contribution >= 0.6 is 0 Å². The van der Waals surface area contributed by atoms with Gasteiger partial charge in [-0.1, -0.05) is 0 Å². The van der Waals surface area contributed by atoms with Gasteiger partial charge in [0.1, 0.15) is 0 Å². The molecule has 0 aromatic rings. The van der Waals surface area contributed by atoms with Gasteiger partial charge in [0.25, 0.3) is 0 Å². The first-order valence-corrected chi connectivity index (χ1v) is 4.04. The summed E-state index contributed by atoms with van der Waals surface area (Å²) in [6.07, 6.45) is 1.23. The van der Waals surface area contributed by atoms with Gasteiger partial charge in [-0.2, -0.15) is 5.10 Å². The van der Waals surface area contributed by atoms with Crippen molar-refractivity contribution in [2.24, 2.45) is 5.10 Å². The molecular weight excluding hydrogens is 188 g/mol. The number of carbonyl (C=O) groups is 2. The summed E-state index contributed by atoms with van der Waals surface area (Å²) in [5.74, 6) is -1.68. The van der Waals surface area contributed by atoms with E-state index in [0.717, 1.165) is 0 Å². The van der Waals surface area contributed by atoms with E-state index in [0.29, 0.717) is 0 Å². The maximum Gasteiger partial charge on any atom is 0.328 e. The summed E-state index contributed by atoms with van der Waals surface area (Å²) < 4.78 is 4.38. The van der Waals surface area contributed by atoms with Crippen molar-refractivity contribution in [3.05, 3.63) is 0 Å². The fourth-order valence-electron chi connectivity index (χ4n) is 0.883. The fourth-order valence-corrected chi connectivity index (χ4v) is 0.883. The summed E-state index contributed by atoms with van der Waals surface area (Å²) in [6, 6.07) is -0.987. The second kappa shape index (κ2) is 5.95. The van der Waals surface area contributed by atoms with E-state index in [1.165, 1.54) is 25.4 Å². The number of rotatable bonds is 5. The van der Waals surface area contributed by atoms with Crippen LogP contribution in [0.15, 0.2) is 5.10 Å². The van der Waals surface area contributed by atoms with Gasteiger partial charge in [-0.15, -0.1) is 0 Å². The molecule has 6 heteroatoms. The predicted molar refractivity (Wildman–Crippen MR) is 50.0 cm³/mol. The number of likely N-dealkylation sites (N-methyl/N-ethyl adjacent to an activating group) is 1.